The van der Waals surface area contributed by atoms with Gasteiger partial charge in [0.05, 0.1) is 0 Å². The fourth-order valence-electron chi connectivity index (χ4n) is 3.31. The van der Waals surface area contributed by atoms with E-state index in [4.69, 9.17) is 5.73 Å². The second kappa shape index (κ2) is 7.01. The van der Waals surface area contributed by atoms with Crippen molar-refractivity contribution in [3.05, 3.63) is 47.3 Å². The predicted molar refractivity (Wildman–Crippen MR) is 91.4 cm³/mol. The molecule has 0 saturated carbocycles. The molecule has 2 heterocycles. The third-order valence-electron chi connectivity index (χ3n) is 4.79. The van der Waals surface area contributed by atoms with Crippen LogP contribution in [0.4, 0.5) is 18.9 Å². The summed E-state index contributed by atoms with van der Waals surface area (Å²) in [6, 6.07) is 8.70. The zero-order valence-corrected chi connectivity index (χ0v) is 14.5. The molecule has 0 atom stereocenters. The lowest BCUT2D eigenvalue weighted by Gasteiger charge is -2.32. The molecule has 0 bridgehead atoms. The van der Waals surface area contributed by atoms with Crippen LogP contribution in [0.5, 0.6) is 0 Å². The largest absolute Gasteiger partial charge is 0.435 e. The first kappa shape index (κ1) is 18.3. The van der Waals surface area contributed by atoms with Gasteiger partial charge in [0.1, 0.15) is 6.54 Å². The maximum absolute atomic E-state index is 12.7. The zero-order chi connectivity index (χ0) is 18.9. The summed E-state index contributed by atoms with van der Waals surface area (Å²) in [6.07, 6.45) is -2.89. The van der Waals surface area contributed by atoms with Gasteiger partial charge >= 0.3 is 6.18 Å². The standard InChI is InChI=1S/C18H21F3N4O/c1-12-9-16(18(19,20)21)23-25(12)11-17(26)24-7-5-13(6-8-24)14-3-2-4-15(22)10-14/h2-4,9-10,13H,5-8,11,22H2,1H3. The molecular formula is C18H21F3N4O. The first-order valence-corrected chi connectivity index (χ1v) is 8.49. The number of hydrogen-bond acceptors (Lipinski definition) is 3. The van der Waals surface area contributed by atoms with Gasteiger partial charge in [-0.15, -0.1) is 0 Å². The van der Waals surface area contributed by atoms with E-state index < -0.39 is 11.9 Å². The lowest BCUT2D eigenvalue weighted by molar-refractivity contribution is -0.142. The third kappa shape index (κ3) is 4.00. The highest BCUT2D eigenvalue weighted by Crippen LogP contribution is 2.30. The Kier molecular flexibility index (Phi) is 4.93. The molecule has 1 saturated heterocycles. The highest BCUT2D eigenvalue weighted by Gasteiger charge is 2.34. The number of nitrogens with zero attached hydrogens (tertiary/aromatic N) is 3. The van der Waals surface area contributed by atoms with Gasteiger partial charge in [-0.2, -0.15) is 18.3 Å². The molecule has 1 aliphatic rings. The number of halogens is 3. The van der Waals surface area contributed by atoms with Crippen LogP contribution in [0.1, 0.15) is 35.7 Å². The SMILES string of the molecule is Cc1cc(C(F)(F)F)nn1CC(=O)N1CCC(c2cccc(N)c2)CC1. The quantitative estimate of drug-likeness (QED) is 0.849. The molecule has 0 unspecified atom stereocenters. The van der Waals surface area contributed by atoms with E-state index in [-0.39, 0.29) is 12.5 Å². The highest BCUT2D eigenvalue weighted by molar-refractivity contribution is 5.76. The van der Waals surface area contributed by atoms with Crippen LogP contribution in [0.3, 0.4) is 0 Å². The Labute approximate surface area is 149 Å². The van der Waals surface area contributed by atoms with Gasteiger partial charge in [-0.05, 0) is 49.4 Å². The van der Waals surface area contributed by atoms with Crippen molar-refractivity contribution in [2.24, 2.45) is 0 Å². The first-order valence-electron chi connectivity index (χ1n) is 8.49. The van der Waals surface area contributed by atoms with E-state index in [2.05, 4.69) is 5.10 Å². The van der Waals surface area contributed by atoms with Gasteiger partial charge in [0.25, 0.3) is 0 Å². The smallest absolute Gasteiger partial charge is 0.399 e. The number of carbonyl (C=O) groups excluding carboxylic acids is 1. The Morgan fingerprint density at radius 1 is 1.27 bits per heavy atom. The number of rotatable bonds is 3. The summed E-state index contributed by atoms with van der Waals surface area (Å²) in [6.45, 7) is 2.49. The fourth-order valence-corrected chi connectivity index (χ4v) is 3.31. The minimum absolute atomic E-state index is 0.176. The molecule has 1 aliphatic heterocycles. The van der Waals surface area contributed by atoms with E-state index in [0.29, 0.717) is 24.7 Å². The Bertz CT molecular complexity index is 792. The second-order valence-electron chi connectivity index (χ2n) is 6.65. The summed E-state index contributed by atoms with van der Waals surface area (Å²) in [5.41, 5.74) is 7.05. The number of amides is 1. The Hall–Kier alpha value is -2.51. The van der Waals surface area contributed by atoms with E-state index >= 15 is 0 Å². The summed E-state index contributed by atoms with van der Waals surface area (Å²) in [5, 5.41) is 3.52. The number of anilines is 1. The minimum Gasteiger partial charge on any atom is -0.399 e. The highest BCUT2D eigenvalue weighted by atomic mass is 19.4. The van der Waals surface area contributed by atoms with Crippen molar-refractivity contribution >= 4 is 11.6 Å². The molecule has 2 aromatic rings. The summed E-state index contributed by atoms with van der Waals surface area (Å²) in [5.74, 6) is 0.127. The molecule has 5 nitrogen and oxygen atoms in total. The number of carbonyl (C=O) groups is 1. The van der Waals surface area contributed by atoms with E-state index in [1.807, 2.05) is 24.3 Å². The van der Waals surface area contributed by atoms with E-state index in [0.717, 1.165) is 34.8 Å². The average Bonchev–Trinajstić information content (AvgIpc) is 2.96. The minimum atomic E-state index is -4.51. The van der Waals surface area contributed by atoms with Gasteiger partial charge < -0.3 is 10.6 Å². The van der Waals surface area contributed by atoms with Crippen LogP contribution in [0, 0.1) is 6.92 Å². The van der Waals surface area contributed by atoms with Crippen LogP contribution in [-0.4, -0.2) is 33.7 Å². The lowest BCUT2D eigenvalue weighted by atomic mass is 9.89. The van der Waals surface area contributed by atoms with Crippen molar-refractivity contribution in [1.29, 1.82) is 0 Å². The number of likely N-dealkylation sites (tertiary alicyclic amines) is 1. The monoisotopic (exact) mass is 366 g/mol. The molecule has 140 valence electrons. The number of hydrogen-bond donors (Lipinski definition) is 1. The first-order chi connectivity index (χ1) is 12.2. The van der Waals surface area contributed by atoms with Crippen LogP contribution in [0.2, 0.25) is 0 Å². The number of aryl methyl sites for hydroxylation is 1. The molecule has 0 spiro atoms. The van der Waals surface area contributed by atoms with Crippen molar-refractivity contribution < 1.29 is 18.0 Å². The van der Waals surface area contributed by atoms with Gasteiger partial charge in [0, 0.05) is 24.5 Å². The van der Waals surface area contributed by atoms with Crippen LogP contribution in [0.25, 0.3) is 0 Å². The van der Waals surface area contributed by atoms with Crippen molar-refractivity contribution in [3.63, 3.8) is 0 Å². The molecule has 1 aromatic carbocycles. The Morgan fingerprint density at radius 2 is 1.96 bits per heavy atom. The van der Waals surface area contributed by atoms with Gasteiger partial charge in [0.15, 0.2) is 5.69 Å². The summed E-state index contributed by atoms with van der Waals surface area (Å²) < 4.78 is 39.3. The molecule has 1 fully saturated rings. The van der Waals surface area contributed by atoms with Crippen LogP contribution < -0.4 is 5.73 Å². The molecule has 1 amide bonds. The Balaban J connectivity index is 1.60. The maximum atomic E-state index is 12.7. The predicted octanol–water partition coefficient (Wildman–Crippen LogP) is 3.20. The number of alkyl halides is 3. The third-order valence-corrected chi connectivity index (χ3v) is 4.79. The Morgan fingerprint density at radius 3 is 2.54 bits per heavy atom. The summed E-state index contributed by atoms with van der Waals surface area (Å²) in [4.78, 5) is 14.1. The summed E-state index contributed by atoms with van der Waals surface area (Å²) in [7, 11) is 0. The zero-order valence-electron chi connectivity index (χ0n) is 14.5. The van der Waals surface area contributed by atoms with E-state index in [9.17, 15) is 18.0 Å². The fraction of sp³-hybridized carbons (Fsp3) is 0.444. The van der Waals surface area contributed by atoms with Gasteiger partial charge in [-0.1, -0.05) is 12.1 Å². The number of benzene rings is 1. The second-order valence-corrected chi connectivity index (χ2v) is 6.65. The van der Waals surface area contributed by atoms with E-state index in [1.54, 1.807) is 4.90 Å². The van der Waals surface area contributed by atoms with Crippen LogP contribution in [0.15, 0.2) is 30.3 Å². The molecule has 8 heteroatoms. The average molecular weight is 366 g/mol. The topological polar surface area (TPSA) is 64.2 Å². The number of piperidine rings is 1. The lowest BCUT2D eigenvalue weighted by Crippen LogP contribution is -2.40. The van der Waals surface area contributed by atoms with Crippen molar-refractivity contribution in [3.8, 4) is 0 Å². The van der Waals surface area contributed by atoms with Crippen LogP contribution >= 0.6 is 0 Å². The number of nitrogen functional groups attached to an aromatic ring is 1. The molecule has 0 radical (unpaired) electrons. The molecule has 1 aromatic heterocycles. The number of aromatic nitrogens is 2. The number of nitrogens with two attached hydrogens (primary N) is 1. The summed E-state index contributed by atoms with van der Waals surface area (Å²) >= 11 is 0. The maximum Gasteiger partial charge on any atom is 0.435 e. The molecule has 0 aliphatic carbocycles. The van der Waals surface area contributed by atoms with Crippen LogP contribution in [-0.2, 0) is 17.5 Å². The van der Waals surface area contributed by atoms with Crippen molar-refractivity contribution in [1.82, 2.24) is 14.7 Å². The molecule has 26 heavy (non-hydrogen) atoms. The van der Waals surface area contributed by atoms with Gasteiger partial charge in [-0.25, -0.2) is 0 Å². The normalized spacial score (nSPS) is 16.1. The molecule has 2 N–H and O–H groups in total. The molecule has 3 rings (SSSR count). The van der Waals surface area contributed by atoms with Crippen molar-refractivity contribution in [2.45, 2.75) is 38.4 Å². The molecular weight excluding hydrogens is 345 g/mol. The van der Waals surface area contributed by atoms with Gasteiger partial charge in [-0.3, -0.25) is 9.48 Å². The van der Waals surface area contributed by atoms with E-state index in [1.165, 1.54) is 6.92 Å². The van der Waals surface area contributed by atoms with Crippen molar-refractivity contribution in [2.75, 3.05) is 18.8 Å². The van der Waals surface area contributed by atoms with Gasteiger partial charge in [0.2, 0.25) is 5.91 Å².